The number of halogens is 1. The zero-order chi connectivity index (χ0) is 15.6. The van der Waals surface area contributed by atoms with Crippen molar-refractivity contribution in [2.75, 3.05) is 7.11 Å². The molecule has 2 nitrogen and oxygen atoms in total. The Hall–Kier alpha value is -1.87. The van der Waals surface area contributed by atoms with Gasteiger partial charge in [0.05, 0.1) is 18.7 Å². The summed E-state index contributed by atoms with van der Waals surface area (Å²) < 4.78 is 19.3. The molecule has 0 saturated carbocycles. The summed E-state index contributed by atoms with van der Waals surface area (Å²) in [5.41, 5.74) is 8.79. The van der Waals surface area contributed by atoms with Gasteiger partial charge in [0.25, 0.3) is 0 Å². The molecule has 0 aliphatic rings. The van der Waals surface area contributed by atoms with Crippen molar-refractivity contribution in [3.63, 3.8) is 0 Å². The van der Waals surface area contributed by atoms with Crippen LogP contribution in [0.4, 0.5) is 4.39 Å². The fourth-order valence-corrected chi connectivity index (χ4v) is 2.35. The van der Waals surface area contributed by atoms with Crippen LogP contribution in [-0.4, -0.2) is 7.11 Å². The molecule has 0 spiro atoms. The molecule has 0 aliphatic heterocycles. The van der Waals surface area contributed by atoms with E-state index in [2.05, 4.69) is 20.8 Å². The van der Waals surface area contributed by atoms with Crippen molar-refractivity contribution < 1.29 is 9.13 Å². The van der Waals surface area contributed by atoms with Gasteiger partial charge in [0, 0.05) is 0 Å². The van der Waals surface area contributed by atoms with Gasteiger partial charge in [0.15, 0.2) is 0 Å². The first-order chi connectivity index (χ1) is 9.84. The molecule has 1 atom stereocenters. The lowest BCUT2D eigenvalue weighted by Gasteiger charge is -2.21. The first-order valence-electron chi connectivity index (χ1n) is 7.03. The Morgan fingerprint density at radius 3 is 2.19 bits per heavy atom. The Morgan fingerprint density at radius 1 is 1.05 bits per heavy atom. The van der Waals surface area contributed by atoms with Gasteiger partial charge in [-0.2, -0.15) is 0 Å². The number of rotatable bonds is 3. The maximum atomic E-state index is 14.1. The summed E-state index contributed by atoms with van der Waals surface area (Å²) in [6.07, 6.45) is 0. The largest absolute Gasteiger partial charge is 0.496 e. The molecule has 0 radical (unpaired) electrons. The van der Waals surface area contributed by atoms with Crippen LogP contribution in [0.15, 0.2) is 42.5 Å². The molecule has 2 N–H and O–H groups in total. The van der Waals surface area contributed by atoms with Crippen molar-refractivity contribution in [2.45, 2.75) is 32.2 Å². The molecule has 0 aliphatic carbocycles. The highest BCUT2D eigenvalue weighted by Crippen LogP contribution is 2.31. The Morgan fingerprint density at radius 2 is 1.67 bits per heavy atom. The standard InChI is InChI=1S/C18H22FNO/c1-18(2,3)13-10-8-12(9-11-13)17(20)16-14(19)6-5-7-15(16)21-4/h5-11,17H,20H2,1-4H3. The molecular weight excluding hydrogens is 265 g/mol. The number of benzene rings is 2. The summed E-state index contributed by atoms with van der Waals surface area (Å²) in [6.45, 7) is 6.46. The summed E-state index contributed by atoms with van der Waals surface area (Å²) in [5.74, 6) is 0.129. The lowest BCUT2D eigenvalue weighted by Crippen LogP contribution is -2.16. The maximum Gasteiger partial charge on any atom is 0.132 e. The molecule has 0 fully saturated rings. The molecule has 2 rings (SSSR count). The SMILES string of the molecule is COc1cccc(F)c1C(N)c1ccc(C(C)(C)C)cc1. The number of ether oxygens (including phenoxy) is 1. The quantitative estimate of drug-likeness (QED) is 0.919. The second kappa shape index (κ2) is 5.86. The monoisotopic (exact) mass is 287 g/mol. The van der Waals surface area contributed by atoms with Gasteiger partial charge in [0.2, 0.25) is 0 Å². The van der Waals surface area contributed by atoms with Crippen LogP contribution in [0, 0.1) is 5.82 Å². The highest BCUT2D eigenvalue weighted by atomic mass is 19.1. The number of methoxy groups -OCH3 is 1. The normalized spacial score (nSPS) is 13.0. The van der Waals surface area contributed by atoms with Crippen LogP contribution in [0.25, 0.3) is 0 Å². The van der Waals surface area contributed by atoms with Gasteiger partial charge in [-0.3, -0.25) is 0 Å². The third kappa shape index (κ3) is 3.24. The van der Waals surface area contributed by atoms with Crippen LogP contribution in [0.3, 0.4) is 0 Å². The molecule has 112 valence electrons. The molecular formula is C18H22FNO. The molecule has 1 unspecified atom stereocenters. The van der Waals surface area contributed by atoms with Crippen molar-refractivity contribution >= 4 is 0 Å². The Bertz CT molecular complexity index is 614. The summed E-state index contributed by atoms with van der Waals surface area (Å²) in [4.78, 5) is 0. The zero-order valence-corrected chi connectivity index (χ0v) is 13.0. The second-order valence-corrected chi connectivity index (χ2v) is 6.21. The van der Waals surface area contributed by atoms with E-state index >= 15 is 0 Å². The molecule has 21 heavy (non-hydrogen) atoms. The van der Waals surface area contributed by atoms with Crippen LogP contribution in [-0.2, 0) is 5.41 Å². The minimum Gasteiger partial charge on any atom is -0.496 e. The minimum absolute atomic E-state index is 0.0817. The van der Waals surface area contributed by atoms with E-state index in [9.17, 15) is 4.39 Å². The predicted octanol–water partition coefficient (Wildman–Crippen LogP) is 4.18. The van der Waals surface area contributed by atoms with Crippen molar-refractivity contribution in [3.8, 4) is 5.75 Å². The molecule has 2 aromatic carbocycles. The number of nitrogens with two attached hydrogens (primary N) is 1. The Labute approximate surface area is 125 Å². The van der Waals surface area contributed by atoms with Crippen LogP contribution in [0.5, 0.6) is 5.75 Å². The Kier molecular flexibility index (Phi) is 4.33. The molecule has 2 aromatic rings. The third-order valence-electron chi connectivity index (χ3n) is 3.68. The van der Waals surface area contributed by atoms with E-state index in [1.807, 2.05) is 24.3 Å². The second-order valence-electron chi connectivity index (χ2n) is 6.21. The van der Waals surface area contributed by atoms with Crippen LogP contribution in [0.1, 0.15) is 43.5 Å². The molecule has 0 aromatic heterocycles. The summed E-state index contributed by atoms with van der Waals surface area (Å²) >= 11 is 0. The topological polar surface area (TPSA) is 35.2 Å². The van der Waals surface area contributed by atoms with Gasteiger partial charge >= 0.3 is 0 Å². The van der Waals surface area contributed by atoms with Crippen molar-refractivity contribution in [1.82, 2.24) is 0 Å². The predicted molar refractivity (Wildman–Crippen MR) is 84.1 cm³/mol. The van der Waals surface area contributed by atoms with Crippen LogP contribution in [0.2, 0.25) is 0 Å². The first kappa shape index (κ1) is 15.5. The van der Waals surface area contributed by atoms with Gasteiger partial charge < -0.3 is 10.5 Å². The summed E-state index contributed by atoms with van der Waals surface area (Å²) in [6, 6.07) is 12.2. The van der Waals surface area contributed by atoms with E-state index in [4.69, 9.17) is 10.5 Å². The van der Waals surface area contributed by atoms with Crippen molar-refractivity contribution in [3.05, 3.63) is 65.0 Å². The van der Waals surface area contributed by atoms with Gasteiger partial charge in [0.1, 0.15) is 11.6 Å². The van der Waals surface area contributed by atoms with E-state index in [-0.39, 0.29) is 11.2 Å². The third-order valence-corrected chi connectivity index (χ3v) is 3.68. The van der Waals surface area contributed by atoms with Crippen LogP contribution >= 0.6 is 0 Å². The average molecular weight is 287 g/mol. The number of hydrogen-bond donors (Lipinski definition) is 1. The van der Waals surface area contributed by atoms with Gasteiger partial charge in [-0.15, -0.1) is 0 Å². The van der Waals surface area contributed by atoms with E-state index in [1.165, 1.54) is 18.7 Å². The molecule has 0 saturated heterocycles. The maximum absolute atomic E-state index is 14.1. The Balaban J connectivity index is 2.39. The molecule has 0 heterocycles. The van der Waals surface area contributed by atoms with Crippen molar-refractivity contribution in [1.29, 1.82) is 0 Å². The van der Waals surface area contributed by atoms with Crippen LogP contribution < -0.4 is 10.5 Å². The van der Waals surface area contributed by atoms with Crippen molar-refractivity contribution in [2.24, 2.45) is 5.73 Å². The molecule has 3 heteroatoms. The van der Waals surface area contributed by atoms with E-state index in [0.29, 0.717) is 11.3 Å². The van der Waals surface area contributed by atoms with Gasteiger partial charge in [-0.25, -0.2) is 4.39 Å². The minimum atomic E-state index is -0.546. The zero-order valence-electron chi connectivity index (χ0n) is 13.0. The summed E-state index contributed by atoms with van der Waals surface area (Å²) in [7, 11) is 1.52. The lowest BCUT2D eigenvalue weighted by atomic mass is 9.86. The highest BCUT2D eigenvalue weighted by molar-refractivity contribution is 5.43. The van der Waals surface area contributed by atoms with E-state index < -0.39 is 6.04 Å². The fourth-order valence-electron chi connectivity index (χ4n) is 2.35. The molecule has 0 amide bonds. The average Bonchev–Trinajstić information content (AvgIpc) is 2.45. The highest BCUT2D eigenvalue weighted by Gasteiger charge is 2.19. The van der Waals surface area contributed by atoms with E-state index in [0.717, 1.165) is 5.56 Å². The molecule has 0 bridgehead atoms. The first-order valence-corrected chi connectivity index (χ1v) is 7.03. The number of hydrogen-bond acceptors (Lipinski definition) is 2. The summed E-state index contributed by atoms with van der Waals surface area (Å²) in [5, 5.41) is 0. The van der Waals surface area contributed by atoms with Gasteiger partial charge in [-0.05, 0) is 28.7 Å². The smallest absolute Gasteiger partial charge is 0.132 e. The fraction of sp³-hybridized carbons (Fsp3) is 0.333. The van der Waals surface area contributed by atoms with E-state index in [1.54, 1.807) is 12.1 Å². The van der Waals surface area contributed by atoms with Gasteiger partial charge in [-0.1, -0.05) is 51.1 Å². The lowest BCUT2D eigenvalue weighted by molar-refractivity contribution is 0.402.